The second-order valence-electron chi connectivity index (χ2n) is 2.86. The zero-order valence-corrected chi connectivity index (χ0v) is 8.92. The summed E-state index contributed by atoms with van der Waals surface area (Å²) >= 11 is 12.1. The van der Waals surface area contributed by atoms with E-state index in [2.05, 4.69) is 10.2 Å². The van der Waals surface area contributed by atoms with E-state index in [0.717, 1.165) is 5.56 Å². The summed E-state index contributed by atoms with van der Waals surface area (Å²) in [5, 5.41) is 8.88. The van der Waals surface area contributed by atoms with Crippen LogP contribution in [0.15, 0.2) is 24.5 Å². The fraction of sp³-hybridized carbons (Fsp3) is 0.111. The van der Waals surface area contributed by atoms with E-state index in [1.807, 2.05) is 7.05 Å². The lowest BCUT2D eigenvalue weighted by atomic mass is 10.2. The van der Waals surface area contributed by atoms with Gasteiger partial charge in [0.25, 0.3) is 0 Å². The molecule has 2 rings (SSSR count). The minimum Gasteiger partial charge on any atom is -0.317 e. The lowest BCUT2D eigenvalue weighted by Gasteiger charge is -2.04. The molecule has 0 bridgehead atoms. The van der Waals surface area contributed by atoms with Crippen LogP contribution >= 0.6 is 23.2 Å². The molecule has 1 aromatic heterocycles. The summed E-state index contributed by atoms with van der Waals surface area (Å²) < 4.78 is 1.77. The molecule has 72 valence electrons. The summed E-state index contributed by atoms with van der Waals surface area (Å²) in [5.41, 5.74) is 0.718. The third-order valence-electron chi connectivity index (χ3n) is 1.90. The van der Waals surface area contributed by atoms with Crippen LogP contribution in [0.1, 0.15) is 0 Å². The molecule has 0 radical (unpaired) electrons. The Morgan fingerprint density at radius 2 is 1.86 bits per heavy atom. The number of benzene rings is 1. The highest BCUT2D eigenvalue weighted by Gasteiger charge is 2.12. The van der Waals surface area contributed by atoms with Gasteiger partial charge in [-0.25, -0.2) is 0 Å². The maximum Gasteiger partial charge on any atom is 0.166 e. The fourth-order valence-corrected chi connectivity index (χ4v) is 1.79. The van der Waals surface area contributed by atoms with Crippen LogP contribution in [-0.4, -0.2) is 14.8 Å². The molecule has 14 heavy (non-hydrogen) atoms. The first-order valence-corrected chi connectivity index (χ1v) is 4.74. The van der Waals surface area contributed by atoms with Gasteiger partial charge in [-0.1, -0.05) is 29.3 Å². The average Bonchev–Trinajstić information content (AvgIpc) is 2.52. The molecule has 1 heterocycles. The molecule has 0 saturated heterocycles. The van der Waals surface area contributed by atoms with E-state index < -0.39 is 0 Å². The Bertz CT molecular complexity index is 445. The van der Waals surface area contributed by atoms with Crippen LogP contribution in [0.3, 0.4) is 0 Å². The molecule has 0 N–H and O–H groups in total. The predicted octanol–water partition coefficient (Wildman–Crippen LogP) is 2.79. The highest BCUT2D eigenvalue weighted by molar-refractivity contribution is 6.38. The van der Waals surface area contributed by atoms with Crippen molar-refractivity contribution in [1.29, 1.82) is 0 Å². The van der Waals surface area contributed by atoms with Crippen LogP contribution < -0.4 is 0 Å². The molecule has 5 heteroatoms. The quantitative estimate of drug-likeness (QED) is 0.751. The van der Waals surface area contributed by atoms with Gasteiger partial charge in [0.15, 0.2) is 5.82 Å². The van der Waals surface area contributed by atoms with Crippen LogP contribution in [0.25, 0.3) is 11.4 Å². The first kappa shape index (κ1) is 9.49. The summed E-state index contributed by atoms with van der Waals surface area (Å²) in [7, 11) is 1.84. The highest BCUT2D eigenvalue weighted by Crippen LogP contribution is 2.32. The van der Waals surface area contributed by atoms with E-state index >= 15 is 0 Å². The Balaban J connectivity index is 2.68. The molecule has 0 aliphatic carbocycles. The van der Waals surface area contributed by atoms with E-state index in [-0.39, 0.29) is 0 Å². The minimum atomic E-state index is 0.577. The van der Waals surface area contributed by atoms with Crippen LogP contribution in [0, 0.1) is 0 Å². The summed E-state index contributed by atoms with van der Waals surface area (Å²) in [4.78, 5) is 0. The van der Waals surface area contributed by atoms with Crippen molar-refractivity contribution in [2.24, 2.45) is 7.05 Å². The lowest BCUT2D eigenvalue weighted by molar-refractivity contribution is 0.920. The Morgan fingerprint density at radius 1 is 1.21 bits per heavy atom. The monoisotopic (exact) mass is 227 g/mol. The molecular formula is C9H7Cl2N3. The van der Waals surface area contributed by atoms with E-state index in [1.165, 1.54) is 0 Å². The molecule has 1 aromatic carbocycles. The van der Waals surface area contributed by atoms with E-state index in [1.54, 1.807) is 29.1 Å². The third-order valence-corrected chi connectivity index (χ3v) is 2.53. The number of rotatable bonds is 1. The molecule has 0 fully saturated rings. The Labute approximate surface area is 91.3 Å². The Morgan fingerprint density at radius 3 is 2.36 bits per heavy atom. The smallest absolute Gasteiger partial charge is 0.166 e. The molecule has 0 amide bonds. The van der Waals surface area contributed by atoms with Gasteiger partial charge in [0.1, 0.15) is 6.33 Å². The van der Waals surface area contributed by atoms with E-state index in [4.69, 9.17) is 23.2 Å². The van der Waals surface area contributed by atoms with Gasteiger partial charge in [-0.05, 0) is 12.1 Å². The summed E-state index contributed by atoms with van der Waals surface area (Å²) in [6.45, 7) is 0. The van der Waals surface area contributed by atoms with Gasteiger partial charge < -0.3 is 4.57 Å². The molecule has 0 saturated carbocycles. The number of aromatic nitrogens is 3. The first-order chi connectivity index (χ1) is 6.70. The van der Waals surface area contributed by atoms with Gasteiger partial charge in [0.2, 0.25) is 0 Å². The molecule has 2 aromatic rings. The number of aryl methyl sites for hydroxylation is 1. The van der Waals surface area contributed by atoms with Gasteiger partial charge in [0.05, 0.1) is 15.6 Å². The number of hydrogen-bond acceptors (Lipinski definition) is 2. The van der Waals surface area contributed by atoms with Crippen LogP contribution in [0.4, 0.5) is 0 Å². The number of halogens is 2. The van der Waals surface area contributed by atoms with E-state index in [0.29, 0.717) is 15.9 Å². The number of nitrogens with zero attached hydrogens (tertiary/aromatic N) is 3. The normalized spacial score (nSPS) is 10.5. The molecule has 0 spiro atoms. The summed E-state index contributed by atoms with van der Waals surface area (Å²) in [5.74, 6) is 0.667. The fourth-order valence-electron chi connectivity index (χ4n) is 1.22. The van der Waals surface area contributed by atoms with Crippen molar-refractivity contribution in [3.8, 4) is 11.4 Å². The molecule has 3 nitrogen and oxygen atoms in total. The van der Waals surface area contributed by atoms with Crippen molar-refractivity contribution in [2.75, 3.05) is 0 Å². The van der Waals surface area contributed by atoms with Gasteiger partial charge >= 0.3 is 0 Å². The van der Waals surface area contributed by atoms with Gasteiger partial charge in [-0.15, -0.1) is 10.2 Å². The van der Waals surface area contributed by atoms with Crippen molar-refractivity contribution in [2.45, 2.75) is 0 Å². The predicted molar refractivity (Wildman–Crippen MR) is 56.5 cm³/mol. The molecule has 0 aliphatic rings. The van der Waals surface area contributed by atoms with Gasteiger partial charge in [0, 0.05) is 7.05 Å². The standard InChI is InChI=1S/C9H7Cl2N3/c1-14-5-12-13-9(14)8-6(10)3-2-4-7(8)11/h2-5H,1H3. The Kier molecular flexibility index (Phi) is 2.44. The molecule has 0 unspecified atom stereocenters. The van der Waals surface area contributed by atoms with Crippen molar-refractivity contribution in [3.63, 3.8) is 0 Å². The van der Waals surface area contributed by atoms with Crippen molar-refractivity contribution in [1.82, 2.24) is 14.8 Å². The second kappa shape index (κ2) is 3.59. The van der Waals surface area contributed by atoms with Crippen LogP contribution in [-0.2, 0) is 7.05 Å². The first-order valence-electron chi connectivity index (χ1n) is 3.98. The minimum absolute atomic E-state index is 0.577. The summed E-state index contributed by atoms with van der Waals surface area (Å²) in [6.07, 6.45) is 1.61. The largest absolute Gasteiger partial charge is 0.317 e. The van der Waals surface area contributed by atoms with Gasteiger partial charge in [-0.2, -0.15) is 0 Å². The molecular weight excluding hydrogens is 221 g/mol. The number of hydrogen-bond donors (Lipinski definition) is 0. The molecule has 0 atom stereocenters. The lowest BCUT2D eigenvalue weighted by Crippen LogP contribution is -1.92. The third kappa shape index (κ3) is 1.49. The maximum atomic E-state index is 6.03. The average molecular weight is 228 g/mol. The van der Waals surface area contributed by atoms with Crippen molar-refractivity contribution >= 4 is 23.2 Å². The summed E-state index contributed by atoms with van der Waals surface area (Å²) in [6, 6.07) is 5.35. The van der Waals surface area contributed by atoms with Gasteiger partial charge in [-0.3, -0.25) is 0 Å². The highest BCUT2D eigenvalue weighted by atomic mass is 35.5. The SMILES string of the molecule is Cn1cnnc1-c1c(Cl)cccc1Cl. The van der Waals surface area contributed by atoms with E-state index in [9.17, 15) is 0 Å². The van der Waals surface area contributed by atoms with Crippen molar-refractivity contribution < 1.29 is 0 Å². The topological polar surface area (TPSA) is 30.7 Å². The Hall–Kier alpha value is -1.06. The zero-order valence-electron chi connectivity index (χ0n) is 7.41. The second-order valence-corrected chi connectivity index (χ2v) is 3.68. The van der Waals surface area contributed by atoms with Crippen LogP contribution in [0.2, 0.25) is 10.0 Å². The zero-order chi connectivity index (χ0) is 10.1. The van der Waals surface area contributed by atoms with Crippen LogP contribution in [0.5, 0.6) is 0 Å². The van der Waals surface area contributed by atoms with Crippen molar-refractivity contribution in [3.05, 3.63) is 34.6 Å². The molecule has 0 aliphatic heterocycles. The maximum absolute atomic E-state index is 6.03.